The van der Waals surface area contributed by atoms with Crippen molar-refractivity contribution in [3.05, 3.63) is 54.4 Å². The molecule has 1 unspecified atom stereocenters. The minimum absolute atomic E-state index is 0.334. The number of ether oxygens (including phenoxy) is 1. The third kappa shape index (κ3) is 7.33. The first-order valence-electron chi connectivity index (χ1n) is 8.70. The SMILES string of the molecule is NCCCCC(NC(=O)Nc1ccc(OCc2cccnc2)cc1)C(=O)O. The molecule has 1 heterocycles. The topological polar surface area (TPSA) is 127 Å². The summed E-state index contributed by atoms with van der Waals surface area (Å²) in [6.45, 7) is 0.887. The highest BCUT2D eigenvalue weighted by molar-refractivity contribution is 5.92. The number of hydrogen-bond acceptors (Lipinski definition) is 5. The molecule has 144 valence electrons. The smallest absolute Gasteiger partial charge is 0.326 e. The van der Waals surface area contributed by atoms with E-state index in [4.69, 9.17) is 10.5 Å². The molecule has 1 atom stereocenters. The van der Waals surface area contributed by atoms with Gasteiger partial charge in [0.05, 0.1) is 0 Å². The van der Waals surface area contributed by atoms with Gasteiger partial charge < -0.3 is 26.2 Å². The number of nitrogens with zero attached hydrogens (tertiary/aromatic N) is 1. The van der Waals surface area contributed by atoms with E-state index in [2.05, 4.69) is 15.6 Å². The minimum Gasteiger partial charge on any atom is -0.489 e. The second-order valence-corrected chi connectivity index (χ2v) is 5.95. The molecule has 0 aliphatic heterocycles. The number of urea groups is 1. The molecule has 8 nitrogen and oxygen atoms in total. The number of nitrogens with one attached hydrogen (secondary N) is 2. The number of carboxylic acids is 1. The fraction of sp³-hybridized carbons (Fsp3) is 0.316. The van der Waals surface area contributed by atoms with E-state index in [1.807, 2.05) is 12.1 Å². The Hall–Kier alpha value is -3.13. The van der Waals surface area contributed by atoms with Gasteiger partial charge in [-0.2, -0.15) is 0 Å². The molecule has 0 aliphatic carbocycles. The van der Waals surface area contributed by atoms with Crippen LogP contribution in [0.3, 0.4) is 0 Å². The van der Waals surface area contributed by atoms with Gasteiger partial charge in [0.15, 0.2) is 0 Å². The predicted molar refractivity (Wildman–Crippen MR) is 101 cm³/mol. The number of carboxylic acid groups (broad SMARTS) is 1. The lowest BCUT2D eigenvalue weighted by atomic mass is 10.1. The van der Waals surface area contributed by atoms with E-state index in [0.717, 1.165) is 5.56 Å². The average Bonchev–Trinajstić information content (AvgIpc) is 2.67. The van der Waals surface area contributed by atoms with Gasteiger partial charge in [0, 0.05) is 23.6 Å². The number of unbranched alkanes of at least 4 members (excludes halogenated alkanes) is 1. The van der Waals surface area contributed by atoms with Crippen LogP contribution in [0.25, 0.3) is 0 Å². The number of benzene rings is 1. The standard InChI is InChI=1S/C19H24N4O4/c20-10-2-1-5-17(18(24)25)23-19(26)22-15-6-8-16(9-7-15)27-13-14-4-3-11-21-12-14/h3-4,6-9,11-12,17H,1-2,5,10,13,20H2,(H,24,25)(H2,22,23,26). The molecule has 0 saturated carbocycles. The number of amides is 2. The van der Waals surface area contributed by atoms with Gasteiger partial charge in [-0.25, -0.2) is 9.59 Å². The fourth-order valence-electron chi connectivity index (χ4n) is 2.36. The van der Waals surface area contributed by atoms with Crippen molar-refractivity contribution in [1.29, 1.82) is 0 Å². The van der Waals surface area contributed by atoms with Gasteiger partial charge in [0.2, 0.25) is 0 Å². The van der Waals surface area contributed by atoms with E-state index in [0.29, 0.717) is 43.9 Å². The summed E-state index contributed by atoms with van der Waals surface area (Å²) in [5.41, 5.74) is 6.89. The van der Waals surface area contributed by atoms with Crippen LogP contribution in [-0.4, -0.2) is 34.7 Å². The van der Waals surface area contributed by atoms with Gasteiger partial charge in [-0.1, -0.05) is 6.07 Å². The Labute approximate surface area is 157 Å². The van der Waals surface area contributed by atoms with Crippen LogP contribution in [0.5, 0.6) is 5.75 Å². The molecule has 1 aromatic heterocycles. The van der Waals surface area contributed by atoms with E-state index < -0.39 is 18.0 Å². The van der Waals surface area contributed by atoms with Crippen molar-refractivity contribution in [2.45, 2.75) is 31.9 Å². The second kappa shape index (κ2) is 10.8. The third-order valence-electron chi connectivity index (χ3n) is 3.79. The van der Waals surface area contributed by atoms with Crippen LogP contribution < -0.4 is 21.1 Å². The van der Waals surface area contributed by atoms with Crippen molar-refractivity contribution in [3.8, 4) is 5.75 Å². The number of carbonyl (C=O) groups excluding carboxylic acids is 1. The van der Waals surface area contributed by atoms with Crippen LogP contribution in [0.2, 0.25) is 0 Å². The lowest BCUT2D eigenvalue weighted by Crippen LogP contribution is -2.43. The molecule has 0 fully saturated rings. The van der Waals surface area contributed by atoms with Crippen LogP contribution in [0.1, 0.15) is 24.8 Å². The van der Waals surface area contributed by atoms with E-state index in [1.54, 1.807) is 36.7 Å². The van der Waals surface area contributed by atoms with Crippen molar-refractivity contribution in [3.63, 3.8) is 0 Å². The maximum atomic E-state index is 12.0. The van der Waals surface area contributed by atoms with Crippen LogP contribution in [0.15, 0.2) is 48.8 Å². The van der Waals surface area contributed by atoms with E-state index in [-0.39, 0.29) is 0 Å². The van der Waals surface area contributed by atoms with Crippen LogP contribution in [0, 0.1) is 0 Å². The summed E-state index contributed by atoms with van der Waals surface area (Å²) < 4.78 is 5.65. The molecule has 2 amide bonds. The molecule has 27 heavy (non-hydrogen) atoms. The highest BCUT2D eigenvalue weighted by Crippen LogP contribution is 2.17. The van der Waals surface area contributed by atoms with Gasteiger partial charge in [-0.3, -0.25) is 4.98 Å². The second-order valence-electron chi connectivity index (χ2n) is 5.95. The van der Waals surface area contributed by atoms with Crippen molar-refractivity contribution < 1.29 is 19.4 Å². The number of pyridine rings is 1. The molecule has 1 aromatic carbocycles. The summed E-state index contributed by atoms with van der Waals surface area (Å²) in [5.74, 6) is -0.420. The van der Waals surface area contributed by atoms with Crippen molar-refractivity contribution in [2.75, 3.05) is 11.9 Å². The molecular weight excluding hydrogens is 348 g/mol. The number of anilines is 1. The molecule has 0 spiro atoms. The molecule has 2 rings (SSSR count). The van der Waals surface area contributed by atoms with Crippen LogP contribution in [0.4, 0.5) is 10.5 Å². The van der Waals surface area contributed by atoms with Gasteiger partial charge in [0.25, 0.3) is 0 Å². The summed E-state index contributed by atoms with van der Waals surface area (Å²) in [4.78, 5) is 27.2. The highest BCUT2D eigenvalue weighted by Gasteiger charge is 2.19. The van der Waals surface area contributed by atoms with E-state index in [1.165, 1.54) is 0 Å². The van der Waals surface area contributed by atoms with Gasteiger partial charge in [-0.15, -0.1) is 0 Å². The van der Waals surface area contributed by atoms with Crippen LogP contribution in [-0.2, 0) is 11.4 Å². The van der Waals surface area contributed by atoms with Crippen molar-refractivity contribution >= 4 is 17.7 Å². The normalized spacial score (nSPS) is 11.4. The molecular formula is C19H24N4O4. The largest absolute Gasteiger partial charge is 0.489 e. The summed E-state index contributed by atoms with van der Waals surface area (Å²) >= 11 is 0. The molecule has 2 aromatic rings. The summed E-state index contributed by atoms with van der Waals surface area (Å²) in [5, 5.41) is 14.3. The Kier molecular flexibility index (Phi) is 8.05. The number of nitrogens with two attached hydrogens (primary N) is 1. The lowest BCUT2D eigenvalue weighted by Gasteiger charge is -2.15. The zero-order chi connectivity index (χ0) is 19.5. The molecule has 0 aliphatic rings. The van der Waals surface area contributed by atoms with Gasteiger partial charge in [-0.05, 0) is 56.1 Å². The number of rotatable bonds is 10. The molecule has 8 heteroatoms. The Balaban J connectivity index is 1.82. The third-order valence-corrected chi connectivity index (χ3v) is 3.79. The Morgan fingerprint density at radius 3 is 2.59 bits per heavy atom. The molecule has 5 N–H and O–H groups in total. The Morgan fingerprint density at radius 2 is 1.96 bits per heavy atom. The van der Waals surface area contributed by atoms with Gasteiger partial charge >= 0.3 is 12.0 Å². The summed E-state index contributed by atoms with van der Waals surface area (Å²) in [6.07, 6.45) is 5.11. The van der Waals surface area contributed by atoms with E-state index >= 15 is 0 Å². The maximum absolute atomic E-state index is 12.0. The van der Waals surface area contributed by atoms with Crippen LogP contribution >= 0.6 is 0 Å². The first-order chi connectivity index (χ1) is 13.1. The quantitative estimate of drug-likeness (QED) is 0.474. The first kappa shape index (κ1) is 20.2. The Bertz CT molecular complexity index is 722. The highest BCUT2D eigenvalue weighted by atomic mass is 16.5. The van der Waals surface area contributed by atoms with Crippen molar-refractivity contribution in [1.82, 2.24) is 10.3 Å². The number of hydrogen-bond donors (Lipinski definition) is 4. The maximum Gasteiger partial charge on any atom is 0.326 e. The minimum atomic E-state index is -1.07. The lowest BCUT2D eigenvalue weighted by molar-refractivity contribution is -0.139. The van der Waals surface area contributed by atoms with Gasteiger partial charge in [0.1, 0.15) is 18.4 Å². The van der Waals surface area contributed by atoms with E-state index in [9.17, 15) is 14.7 Å². The molecule has 0 radical (unpaired) electrons. The average molecular weight is 372 g/mol. The first-order valence-corrected chi connectivity index (χ1v) is 8.70. The number of aliphatic carboxylic acids is 1. The van der Waals surface area contributed by atoms with Crippen molar-refractivity contribution in [2.24, 2.45) is 5.73 Å². The summed E-state index contributed by atoms with van der Waals surface area (Å²) in [6, 6.07) is 9.05. The fourth-order valence-corrected chi connectivity index (χ4v) is 2.36. The monoisotopic (exact) mass is 372 g/mol. The number of aromatic nitrogens is 1. The zero-order valence-electron chi connectivity index (χ0n) is 14.9. The zero-order valence-corrected chi connectivity index (χ0v) is 14.9. The Morgan fingerprint density at radius 1 is 1.19 bits per heavy atom. The molecule has 0 bridgehead atoms. The molecule has 0 saturated heterocycles. The predicted octanol–water partition coefficient (Wildman–Crippen LogP) is 2.36. The number of carbonyl (C=O) groups is 2. The summed E-state index contributed by atoms with van der Waals surface area (Å²) in [7, 11) is 0.